The van der Waals surface area contributed by atoms with Crippen LogP contribution in [0.15, 0.2) is 36.7 Å². The maximum atomic E-state index is 12.1. The molecule has 2 aromatic rings. The molecular weight excluding hydrogens is 461 g/mol. The monoisotopic (exact) mass is 463 g/mol. The van der Waals surface area contributed by atoms with Gasteiger partial charge in [0, 0.05) is 4.47 Å². The maximum absolute atomic E-state index is 12.1. The van der Waals surface area contributed by atoms with Crippen molar-refractivity contribution in [3.8, 4) is 0 Å². The van der Waals surface area contributed by atoms with Crippen molar-refractivity contribution in [2.45, 2.75) is 4.21 Å². The van der Waals surface area contributed by atoms with Crippen LogP contribution >= 0.6 is 66.4 Å². The molecule has 0 radical (unpaired) electrons. The van der Waals surface area contributed by atoms with Crippen LogP contribution in [0.2, 0.25) is 10.0 Å². The van der Waals surface area contributed by atoms with E-state index in [9.17, 15) is 8.42 Å². The molecule has 0 aliphatic heterocycles. The zero-order valence-corrected chi connectivity index (χ0v) is 15.3. The van der Waals surface area contributed by atoms with Gasteiger partial charge in [-0.1, -0.05) is 23.2 Å². The van der Waals surface area contributed by atoms with Crippen molar-refractivity contribution in [1.82, 2.24) is 0 Å². The quantitative estimate of drug-likeness (QED) is 0.661. The number of hydrogen-bond acceptors (Lipinski definition) is 3. The summed E-state index contributed by atoms with van der Waals surface area (Å²) >= 11 is 19.2. The van der Waals surface area contributed by atoms with Crippen LogP contribution in [0.4, 0.5) is 5.69 Å². The van der Waals surface area contributed by atoms with Gasteiger partial charge in [0.05, 0.1) is 19.5 Å². The van der Waals surface area contributed by atoms with Crippen molar-refractivity contribution < 1.29 is 8.42 Å². The summed E-state index contributed by atoms with van der Waals surface area (Å²) in [6.45, 7) is 0. The van der Waals surface area contributed by atoms with E-state index in [4.69, 9.17) is 23.2 Å². The van der Waals surface area contributed by atoms with E-state index in [-0.39, 0.29) is 9.23 Å². The first-order chi connectivity index (χ1) is 8.79. The Morgan fingerprint density at radius 1 is 1.11 bits per heavy atom. The zero-order chi connectivity index (χ0) is 14.2. The second kappa shape index (κ2) is 5.91. The summed E-state index contributed by atoms with van der Waals surface area (Å²) in [4.78, 5) is 0. The van der Waals surface area contributed by atoms with Crippen LogP contribution in [0.5, 0.6) is 0 Å². The first-order valence-electron chi connectivity index (χ1n) is 4.72. The first kappa shape index (κ1) is 15.6. The molecule has 19 heavy (non-hydrogen) atoms. The molecule has 0 saturated heterocycles. The Labute approximate surface area is 141 Å². The highest BCUT2D eigenvalue weighted by atomic mass is 79.9. The van der Waals surface area contributed by atoms with Crippen molar-refractivity contribution >= 4 is 82.1 Å². The summed E-state index contributed by atoms with van der Waals surface area (Å²) < 4.78 is 28.3. The van der Waals surface area contributed by atoms with E-state index in [1.165, 1.54) is 18.2 Å². The molecule has 9 heteroatoms. The van der Waals surface area contributed by atoms with Crippen LogP contribution in [0.3, 0.4) is 0 Å². The smallest absolute Gasteiger partial charge is 0.271 e. The minimum absolute atomic E-state index is 0.192. The van der Waals surface area contributed by atoms with E-state index in [1.54, 1.807) is 6.07 Å². The third-order valence-corrected chi connectivity index (χ3v) is 7.91. The average molecular weight is 466 g/mol. The number of halogens is 4. The van der Waals surface area contributed by atoms with E-state index in [0.717, 1.165) is 11.3 Å². The number of benzene rings is 1. The third-order valence-electron chi connectivity index (χ3n) is 2.06. The van der Waals surface area contributed by atoms with Gasteiger partial charge in [0.2, 0.25) is 0 Å². The summed E-state index contributed by atoms with van der Waals surface area (Å²) in [5.41, 5.74) is 0.357. The molecule has 1 heterocycles. The lowest BCUT2D eigenvalue weighted by atomic mass is 10.3. The van der Waals surface area contributed by atoms with Crippen molar-refractivity contribution in [2.24, 2.45) is 0 Å². The number of anilines is 1. The highest BCUT2D eigenvalue weighted by Crippen LogP contribution is 2.36. The minimum atomic E-state index is -3.64. The lowest BCUT2D eigenvalue weighted by molar-refractivity contribution is 0.603. The van der Waals surface area contributed by atoms with Gasteiger partial charge in [-0.2, -0.15) is 0 Å². The number of thiophene rings is 1. The normalized spacial score (nSPS) is 11.6. The molecule has 0 bridgehead atoms. The molecule has 0 unspecified atom stereocenters. The number of nitrogens with one attached hydrogen (secondary N) is 1. The zero-order valence-electron chi connectivity index (χ0n) is 8.95. The lowest BCUT2D eigenvalue weighted by Gasteiger charge is -2.06. The molecule has 102 valence electrons. The largest absolute Gasteiger partial charge is 0.279 e. The van der Waals surface area contributed by atoms with Gasteiger partial charge in [0.1, 0.15) is 4.21 Å². The molecule has 1 N–H and O–H groups in total. The van der Waals surface area contributed by atoms with E-state index in [1.807, 2.05) is 0 Å². The summed E-state index contributed by atoms with van der Waals surface area (Å²) in [5.74, 6) is 0. The number of rotatable bonds is 3. The van der Waals surface area contributed by atoms with Gasteiger partial charge in [0.25, 0.3) is 10.0 Å². The Bertz CT molecular complexity index is 712. The molecule has 0 amide bonds. The molecule has 3 nitrogen and oxygen atoms in total. The fraction of sp³-hybridized carbons (Fsp3) is 0. The SMILES string of the molecule is O=S(=O)(Nc1ccc(Cl)c(Cl)c1)c1cc(Br)c(Br)s1. The van der Waals surface area contributed by atoms with Crippen molar-refractivity contribution in [2.75, 3.05) is 4.72 Å². The van der Waals surface area contributed by atoms with E-state index in [0.29, 0.717) is 19.0 Å². The molecule has 0 spiro atoms. The summed E-state index contributed by atoms with van der Waals surface area (Å²) in [7, 11) is -3.64. The van der Waals surface area contributed by atoms with Crippen molar-refractivity contribution in [3.63, 3.8) is 0 Å². The van der Waals surface area contributed by atoms with Crippen LogP contribution < -0.4 is 4.72 Å². The van der Waals surface area contributed by atoms with Crippen LogP contribution in [-0.4, -0.2) is 8.42 Å². The molecular formula is C10H5Br2Cl2NO2S2. The van der Waals surface area contributed by atoms with Crippen molar-refractivity contribution in [1.29, 1.82) is 0 Å². The fourth-order valence-electron chi connectivity index (χ4n) is 1.22. The summed E-state index contributed by atoms with van der Waals surface area (Å²) in [5, 5.41) is 0.654. The Balaban J connectivity index is 2.33. The van der Waals surface area contributed by atoms with Crippen molar-refractivity contribution in [3.05, 3.63) is 42.6 Å². The van der Waals surface area contributed by atoms with E-state index in [2.05, 4.69) is 36.6 Å². The van der Waals surface area contributed by atoms with Crippen LogP contribution in [0.1, 0.15) is 0 Å². The minimum Gasteiger partial charge on any atom is -0.279 e. The predicted molar refractivity (Wildman–Crippen MR) is 87.0 cm³/mol. The Morgan fingerprint density at radius 3 is 2.32 bits per heavy atom. The second-order valence-electron chi connectivity index (χ2n) is 3.42. The molecule has 1 aromatic heterocycles. The molecule has 0 atom stereocenters. The van der Waals surface area contributed by atoms with E-state index >= 15 is 0 Å². The lowest BCUT2D eigenvalue weighted by Crippen LogP contribution is -2.11. The van der Waals surface area contributed by atoms with Crippen LogP contribution in [0.25, 0.3) is 0 Å². The van der Waals surface area contributed by atoms with Gasteiger partial charge >= 0.3 is 0 Å². The average Bonchev–Trinajstić information content (AvgIpc) is 2.65. The molecule has 0 aliphatic carbocycles. The number of hydrogen-bond donors (Lipinski definition) is 1. The predicted octanol–water partition coefficient (Wildman–Crippen LogP) is 5.38. The van der Waals surface area contributed by atoms with Gasteiger partial charge in [-0.25, -0.2) is 8.42 Å². The van der Waals surface area contributed by atoms with Gasteiger partial charge in [-0.15, -0.1) is 11.3 Å². The third kappa shape index (κ3) is 3.65. The molecule has 0 aliphatic rings. The molecule has 1 aromatic carbocycles. The highest BCUT2D eigenvalue weighted by Gasteiger charge is 2.19. The standard InChI is InChI=1S/C10H5Br2Cl2NO2S2/c11-6-4-9(18-10(6)12)19(16,17)15-5-1-2-7(13)8(14)3-5/h1-4,15H. The second-order valence-corrected chi connectivity index (χ2v) is 9.37. The molecule has 0 fully saturated rings. The Kier molecular flexibility index (Phi) is 4.85. The number of sulfonamides is 1. The fourth-order valence-corrected chi connectivity index (χ4v) is 5.39. The highest BCUT2D eigenvalue weighted by molar-refractivity contribution is 9.13. The summed E-state index contributed by atoms with van der Waals surface area (Å²) in [6.07, 6.45) is 0. The van der Waals surface area contributed by atoms with Gasteiger partial charge in [-0.05, 0) is 56.1 Å². The topological polar surface area (TPSA) is 46.2 Å². The maximum Gasteiger partial charge on any atom is 0.271 e. The van der Waals surface area contributed by atoms with E-state index < -0.39 is 10.0 Å². The molecule has 0 saturated carbocycles. The Morgan fingerprint density at radius 2 is 1.79 bits per heavy atom. The summed E-state index contributed by atoms with van der Waals surface area (Å²) in [6, 6.07) is 6.05. The molecule has 2 rings (SSSR count). The van der Waals surface area contributed by atoms with Gasteiger partial charge < -0.3 is 0 Å². The van der Waals surface area contributed by atoms with Crippen LogP contribution in [0, 0.1) is 0 Å². The van der Waals surface area contributed by atoms with Gasteiger partial charge in [-0.3, -0.25) is 4.72 Å². The first-order valence-corrected chi connectivity index (χ1v) is 9.36. The Hall–Kier alpha value is 0.210. The van der Waals surface area contributed by atoms with Gasteiger partial charge in [0.15, 0.2) is 0 Å². The van der Waals surface area contributed by atoms with Crippen LogP contribution in [-0.2, 0) is 10.0 Å².